The van der Waals surface area contributed by atoms with Crippen LogP contribution in [0.1, 0.15) is 46.4 Å². The summed E-state index contributed by atoms with van der Waals surface area (Å²) in [5, 5.41) is 5.48. The van der Waals surface area contributed by atoms with Crippen molar-refractivity contribution in [3.8, 4) is 0 Å². The Morgan fingerprint density at radius 2 is 1.93 bits per heavy atom. The molecular weight excluding hydrogens is 336 g/mol. The van der Waals surface area contributed by atoms with Crippen molar-refractivity contribution in [3.05, 3.63) is 53.0 Å². The fraction of sp³-hybridized carbons (Fsp3) is 0.455. The van der Waals surface area contributed by atoms with Crippen LogP contribution in [-0.2, 0) is 6.54 Å². The number of fused-ring (bicyclic) bond motifs is 1. The van der Waals surface area contributed by atoms with Gasteiger partial charge in [0, 0.05) is 42.9 Å². The molecule has 1 N–H and O–H groups in total. The number of carbonyl (C=O) groups is 1. The van der Waals surface area contributed by atoms with Crippen molar-refractivity contribution in [2.24, 2.45) is 5.92 Å². The van der Waals surface area contributed by atoms with Crippen molar-refractivity contribution >= 4 is 16.8 Å². The van der Waals surface area contributed by atoms with Crippen molar-refractivity contribution < 1.29 is 4.79 Å². The van der Waals surface area contributed by atoms with Gasteiger partial charge in [-0.05, 0) is 68.7 Å². The van der Waals surface area contributed by atoms with Crippen LogP contribution in [0.5, 0.6) is 0 Å². The topological polar surface area (TPSA) is 53.9 Å². The first-order chi connectivity index (χ1) is 13.0. The number of likely N-dealkylation sites (tertiary alicyclic amines) is 1. The van der Waals surface area contributed by atoms with Gasteiger partial charge < -0.3 is 9.88 Å². The summed E-state index contributed by atoms with van der Waals surface area (Å²) in [5.74, 6) is 0.819. The van der Waals surface area contributed by atoms with Crippen LogP contribution >= 0.6 is 0 Å². The smallest absolute Gasteiger partial charge is 0.270 e. The molecule has 2 aromatic heterocycles. The Kier molecular flexibility index (Phi) is 4.77. The molecule has 5 nitrogen and oxygen atoms in total. The van der Waals surface area contributed by atoms with E-state index < -0.39 is 0 Å². The molecule has 1 saturated heterocycles. The fourth-order valence-electron chi connectivity index (χ4n) is 4.34. The lowest BCUT2D eigenvalue weighted by Crippen LogP contribution is -2.39. The number of H-pyrrole nitrogens is 1. The second kappa shape index (κ2) is 7.22. The predicted octanol–water partition coefficient (Wildman–Crippen LogP) is 4.23. The van der Waals surface area contributed by atoms with E-state index in [0.717, 1.165) is 55.7 Å². The van der Waals surface area contributed by atoms with E-state index in [1.54, 1.807) is 0 Å². The molecule has 1 aromatic carbocycles. The number of nitrogens with zero attached hydrogens (tertiary/aromatic N) is 3. The monoisotopic (exact) mass is 364 g/mol. The van der Waals surface area contributed by atoms with E-state index in [9.17, 15) is 4.79 Å². The Morgan fingerprint density at radius 3 is 2.59 bits per heavy atom. The van der Waals surface area contributed by atoms with Crippen LogP contribution < -0.4 is 0 Å². The predicted molar refractivity (Wildman–Crippen MR) is 108 cm³/mol. The Hall–Kier alpha value is -2.56. The number of benzene rings is 1. The van der Waals surface area contributed by atoms with Gasteiger partial charge in [-0.1, -0.05) is 12.1 Å². The summed E-state index contributed by atoms with van der Waals surface area (Å²) in [7, 11) is 0. The summed E-state index contributed by atoms with van der Waals surface area (Å²) >= 11 is 0. The van der Waals surface area contributed by atoms with Crippen LogP contribution in [0.3, 0.4) is 0 Å². The highest BCUT2D eigenvalue weighted by Crippen LogP contribution is 2.29. The highest BCUT2D eigenvalue weighted by molar-refractivity contribution is 6.02. The molecule has 3 aromatic rings. The van der Waals surface area contributed by atoms with Gasteiger partial charge in [0.05, 0.1) is 0 Å². The third-order valence-electron chi connectivity index (χ3n) is 6.06. The summed E-state index contributed by atoms with van der Waals surface area (Å²) in [5.41, 5.74) is 5.36. The van der Waals surface area contributed by atoms with E-state index in [1.807, 2.05) is 28.0 Å². The zero-order chi connectivity index (χ0) is 19.0. The van der Waals surface area contributed by atoms with Gasteiger partial charge in [0.25, 0.3) is 5.91 Å². The maximum absolute atomic E-state index is 13.1. The number of aryl methyl sites for hydroxylation is 4. The minimum absolute atomic E-state index is 0.146. The minimum atomic E-state index is 0.146. The lowest BCUT2D eigenvalue weighted by atomic mass is 9.93. The lowest BCUT2D eigenvalue weighted by Gasteiger charge is -2.32. The van der Waals surface area contributed by atoms with Gasteiger partial charge in [0.2, 0.25) is 0 Å². The quantitative estimate of drug-likeness (QED) is 0.753. The second-order valence-electron chi connectivity index (χ2n) is 7.87. The molecule has 1 aliphatic heterocycles. The van der Waals surface area contributed by atoms with E-state index in [2.05, 4.69) is 43.0 Å². The molecule has 0 spiro atoms. The largest absolute Gasteiger partial charge is 0.350 e. The highest BCUT2D eigenvalue weighted by atomic mass is 16.2. The molecule has 0 saturated carbocycles. The fourth-order valence-corrected chi connectivity index (χ4v) is 4.34. The zero-order valence-corrected chi connectivity index (χ0v) is 16.5. The van der Waals surface area contributed by atoms with Gasteiger partial charge >= 0.3 is 0 Å². The first kappa shape index (κ1) is 17.8. The van der Waals surface area contributed by atoms with Crippen molar-refractivity contribution in [2.75, 3.05) is 13.1 Å². The van der Waals surface area contributed by atoms with Crippen LogP contribution in [0.15, 0.2) is 30.6 Å². The number of nitrogens with one attached hydrogen (secondary N) is 1. The minimum Gasteiger partial charge on any atom is -0.350 e. The number of piperidine rings is 1. The van der Waals surface area contributed by atoms with Crippen molar-refractivity contribution in [1.29, 1.82) is 0 Å². The SMILES string of the molecule is Cc1ccc(C)c2c(C)c(C(=O)N3CCC(CCn4cccn4)CC3)[nH]c12. The Bertz CT molecular complexity index is 947. The molecule has 0 radical (unpaired) electrons. The number of hydrogen-bond donors (Lipinski definition) is 1. The number of aromatic amines is 1. The molecule has 0 aliphatic carbocycles. The molecule has 27 heavy (non-hydrogen) atoms. The van der Waals surface area contributed by atoms with E-state index in [0.29, 0.717) is 5.92 Å². The van der Waals surface area contributed by atoms with Gasteiger partial charge in [-0.2, -0.15) is 5.10 Å². The van der Waals surface area contributed by atoms with Gasteiger partial charge in [-0.3, -0.25) is 9.48 Å². The number of amides is 1. The maximum atomic E-state index is 13.1. The van der Waals surface area contributed by atoms with Crippen LogP contribution in [0.4, 0.5) is 0 Å². The van der Waals surface area contributed by atoms with Crippen molar-refractivity contribution in [2.45, 2.75) is 46.6 Å². The molecule has 1 fully saturated rings. The van der Waals surface area contributed by atoms with E-state index in [1.165, 1.54) is 16.5 Å². The summed E-state index contributed by atoms with van der Waals surface area (Å²) in [6.45, 7) is 8.92. The van der Waals surface area contributed by atoms with Crippen LogP contribution in [0, 0.1) is 26.7 Å². The van der Waals surface area contributed by atoms with Gasteiger partial charge in [0.1, 0.15) is 5.69 Å². The second-order valence-corrected chi connectivity index (χ2v) is 7.87. The molecule has 0 atom stereocenters. The standard InChI is InChI=1S/C22H28N4O/c1-15-5-6-16(2)20-19(15)17(3)21(24-20)22(27)25-12-7-18(8-13-25)9-14-26-11-4-10-23-26/h4-6,10-11,18,24H,7-9,12-14H2,1-3H3. The van der Waals surface area contributed by atoms with E-state index >= 15 is 0 Å². The molecule has 3 heterocycles. The first-order valence-corrected chi connectivity index (χ1v) is 9.89. The average molecular weight is 364 g/mol. The van der Waals surface area contributed by atoms with Crippen LogP contribution in [-0.4, -0.2) is 38.7 Å². The summed E-state index contributed by atoms with van der Waals surface area (Å²) < 4.78 is 2.00. The van der Waals surface area contributed by atoms with Crippen LogP contribution in [0.25, 0.3) is 10.9 Å². The average Bonchev–Trinajstić information content (AvgIpc) is 3.31. The molecule has 4 rings (SSSR count). The number of aromatic nitrogens is 3. The third kappa shape index (κ3) is 3.38. The number of hydrogen-bond acceptors (Lipinski definition) is 2. The lowest BCUT2D eigenvalue weighted by molar-refractivity contribution is 0.0678. The molecule has 0 bridgehead atoms. The van der Waals surface area contributed by atoms with Gasteiger partial charge in [-0.15, -0.1) is 0 Å². The van der Waals surface area contributed by atoms with Gasteiger partial charge in [0.15, 0.2) is 0 Å². The first-order valence-electron chi connectivity index (χ1n) is 9.89. The molecule has 5 heteroatoms. The third-order valence-corrected chi connectivity index (χ3v) is 6.06. The number of rotatable bonds is 4. The molecule has 1 aliphatic rings. The normalized spacial score (nSPS) is 15.6. The molecule has 1 amide bonds. The Morgan fingerprint density at radius 1 is 1.19 bits per heavy atom. The summed E-state index contributed by atoms with van der Waals surface area (Å²) in [6, 6.07) is 6.22. The summed E-state index contributed by atoms with van der Waals surface area (Å²) in [4.78, 5) is 18.6. The molecule has 0 unspecified atom stereocenters. The van der Waals surface area contributed by atoms with Crippen LogP contribution in [0.2, 0.25) is 0 Å². The summed E-state index contributed by atoms with van der Waals surface area (Å²) in [6.07, 6.45) is 7.12. The molecular formula is C22H28N4O. The Balaban J connectivity index is 1.44. The number of carbonyl (C=O) groups excluding carboxylic acids is 1. The molecule has 142 valence electrons. The van der Waals surface area contributed by atoms with Crippen molar-refractivity contribution in [3.63, 3.8) is 0 Å². The highest BCUT2D eigenvalue weighted by Gasteiger charge is 2.26. The van der Waals surface area contributed by atoms with E-state index in [-0.39, 0.29) is 5.91 Å². The van der Waals surface area contributed by atoms with E-state index in [4.69, 9.17) is 0 Å². The zero-order valence-electron chi connectivity index (χ0n) is 16.5. The Labute approximate surface area is 160 Å². The van der Waals surface area contributed by atoms with Crippen molar-refractivity contribution in [1.82, 2.24) is 19.7 Å². The maximum Gasteiger partial charge on any atom is 0.270 e. The van der Waals surface area contributed by atoms with Gasteiger partial charge in [-0.25, -0.2) is 0 Å².